The summed E-state index contributed by atoms with van der Waals surface area (Å²) in [5.74, 6) is -0.246. The number of hydrogen-bond donors (Lipinski definition) is 0. The molecule has 0 aliphatic carbocycles. The zero-order valence-electron chi connectivity index (χ0n) is 15.3. The Morgan fingerprint density at radius 2 is 2.04 bits per heavy atom. The maximum atomic E-state index is 12.9. The topological polar surface area (TPSA) is 72.5 Å². The van der Waals surface area contributed by atoms with E-state index in [9.17, 15) is 9.59 Å². The molecule has 0 unspecified atom stereocenters. The number of likely N-dealkylation sites (tertiary alicyclic amines) is 1. The number of hydrogen-bond acceptors (Lipinski definition) is 5. The van der Waals surface area contributed by atoms with Crippen LogP contribution in [0.25, 0.3) is 4.96 Å². The second kappa shape index (κ2) is 6.05. The van der Waals surface area contributed by atoms with Crippen LogP contribution in [-0.4, -0.2) is 43.1 Å². The molecule has 1 aliphatic rings. The average Bonchev–Trinajstić information content (AvgIpc) is 3.26. The van der Waals surface area contributed by atoms with Gasteiger partial charge in [-0.2, -0.15) is 5.10 Å². The molecular formula is C18H21N5O2S. The third-order valence-corrected chi connectivity index (χ3v) is 6.16. The smallest absolute Gasteiger partial charge is 0.271 e. The van der Waals surface area contributed by atoms with Crippen LogP contribution in [0.15, 0.2) is 17.1 Å². The number of fused-ring (bicyclic) bond motifs is 1. The van der Waals surface area contributed by atoms with Gasteiger partial charge in [0.25, 0.3) is 11.5 Å². The lowest BCUT2D eigenvalue weighted by atomic mass is 10.2. The molecule has 1 aliphatic heterocycles. The van der Waals surface area contributed by atoms with Crippen molar-refractivity contribution in [2.75, 3.05) is 13.1 Å². The van der Waals surface area contributed by atoms with Crippen LogP contribution in [0.5, 0.6) is 0 Å². The number of amides is 1. The van der Waals surface area contributed by atoms with Gasteiger partial charge in [0.05, 0.1) is 11.7 Å². The highest BCUT2D eigenvalue weighted by atomic mass is 32.1. The highest BCUT2D eigenvalue weighted by Gasteiger charge is 2.31. The Bertz CT molecular complexity index is 1080. The Labute approximate surface area is 154 Å². The quantitative estimate of drug-likeness (QED) is 0.693. The Morgan fingerprint density at radius 1 is 1.27 bits per heavy atom. The monoisotopic (exact) mass is 371 g/mol. The minimum Gasteiger partial charge on any atom is -0.336 e. The van der Waals surface area contributed by atoms with Crippen LogP contribution in [-0.2, 0) is 0 Å². The van der Waals surface area contributed by atoms with Crippen molar-refractivity contribution >= 4 is 22.2 Å². The number of aryl methyl sites for hydroxylation is 4. The van der Waals surface area contributed by atoms with Crippen molar-refractivity contribution in [2.45, 2.75) is 40.2 Å². The van der Waals surface area contributed by atoms with E-state index in [1.165, 1.54) is 17.5 Å². The van der Waals surface area contributed by atoms with E-state index in [1.54, 1.807) is 9.30 Å². The summed E-state index contributed by atoms with van der Waals surface area (Å²) in [6.45, 7) is 9.00. The Kier molecular flexibility index (Phi) is 3.95. The highest BCUT2D eigenvalue weighted by molar-refractivity contribution is 7.17. The third-order valence-electron chi connectivity index (χ3n) is 5.09. The molecule has 1 saturated heterocycles. The van der Waals surface area contributed by atoms with E-state index in [0.29, 0.717) is 18.1 Å². The summed E-state index contributed by atoms with van der Waals surface area (Å²) in [6.07, 6.45) is 2.26. The minimum absolute atomic E-state index is 0.136. The average molecular weight is 371 g/mol. The minimum atomic E-state index is -0.281. The van der Waals surface area contributed by atoms with E-state index >= 15 is 0 Å². The summed E-state index contributed by atoms with van der Waals surface area (Å²) in [7, 11) is 0. The van der Waals surface area contributed by atoms with Gasteiger partial charge in [0.2, 0.25) is 0 Å². The number of aromatic nitrogens is 4. The van der Waals surface area contributed by atoms with Crippen LogP contribution in [0, 0.1) is 27.7 Å². The Balaban J connectivity index is 1.64. The van der Waals surface area contributed by atoms with Crippen LogP contribution in [0.2, 0.25) is 0 Å². The summed E-state index contributed by atoms with van der Waals surface area (Å²) in [5.41, 5.74) is 2.77. The van der Waals surface area contributed by atoms with Gasteiger partial charge >= 0.3 is 0 Å². The first-order valence-corrected chi connectivity index (χ1v) is 9.48. The largest absolute Gasteiger partial charge is 0.336 e. The third kappa shape index (κ3) is 2.56. The molecule has 0 radical (unpaired) electrons. The van der Waals surface area contributed by atoms with Gasteiger partial charge in [-0.05, 0) is 40.2 Å². The molecule has 1 amide bonds. The van der Waals surface area contributed by atoms with Crippen molar-refractivity contribution in [3.63, 3.8) is 0 Å². The first kappa shape index (κ1) is 17.0. The van der Waals surface area contributed by atoms with Crippen LogP contribution in [0.1, 0.15) is 44.8 Å². The van der Waals surface area contributed by atoms with Gasteiger partial charge in [-0.3, -0.25) is 18.7 Å². The molecule has 0 aromatic carbocycles. The van der Waals surface area contributed by atoms with E-state index in [-0.39, 0.29) is 23.1 Å². The molecule has 8 heteroatoms. The second-order valence-electron chi connectivity index (χ2n) is 6.90. The van der Waals surface area contributed by atoms with E-state index in [0.717, 1.165) is 28.4 Å². The van der Waals surface area contributed by atoms with E-state index < -0.39 is 0 Å². The normalized spacial score (nSPS) is 17.4. The first-order chi connectivity index (χ1) is 12.4. The highest BCUT2D eigenvalue weighted by Crippen LogP contribution is 2.24. The number of nitrogens with zero attached hydrogens (tertiary/aromatic N) is 5. The molecule has 3 aromatic heterocycles. The Morgan fingerprint density at radius 3 is 2.73 bits per heavy atom. The molecule has 0 spiro atoms. The summed E-state index contributed by atoms with van der Waals surface area (Å²) in [4.78, 5) is 33.5. The van der Waals surface area contributed by atoms with E-state index in [2.05, 4.69) is 10.1 Å². The van der Waals surface area contributed by atoms with Crippen LogP contribution in [0.4, 0.5) is 0 Å². The van der Waals surface area contributed by atoms with Crippen LogP contribution < -0.4 is 5.56 Å². The Hall–Kier alpha value is -2.48. The maximum absolute atomic E-state index is 12.9. The summed E-state index contributed by atoms with van der Waals surface area (Å²) in [5, 5.41) is 4.53. The van der Waals surface area contributed by atoms with Crippen LogP contribution >= 0.6 is 11.3 Å². The molecule has 1 atom stereocenters. The molecule has 3 aromatic rings. The molecule has 136 valence electrons. The summed E-state index contributed by atoms with van der Waals surface area (Å²) >= 11 is 1.46. The number of carbonyl (C=O) groups is 1. The molecule has 0 N–H and O–H groups in total. The van der Waals surface area contributed by atoms with Gasteiger partial charge in [-0.15, -0.1) is 11.3 Å². The van der Waals surface area contributed by atoms with E-state index in [1.807, 2.05) is 38.4 Å². The van der Waals surface area contributed by atoms with Crippen molar-refractivity contribution in [3.8, 4) is 0 Å². The predicted molar refractivity (Wildman–Crippen MR) is 100 cm³/mol. The van der Waals surface area contributed by atoms with Gasteiger partial charge in [0.15, 0.2) is 4.96 Å². The molecule has 0 bridgehead atoms. The van der Waals surface area contributed by atoms with Crippen molar-refractivity contribution < 1.29 is 4.79 Å². The number of thiazole rings is 1. The van der Waals surface area contributed by atoms with Gasteiger partial charge < -0.3 is 4.90 Å². The standard InChI is InChI=1S/C18H21N5O2S/c1-10-7-11(2)23(20-10)14-5-6-21(9-14)16(24)15-8-19-18-22(17(15)25)12(3)13(4)26-18/h7-8,14H,5-6,9H2,1-4H3/t14-/m0/s1. The lowest BCUT2D eigenvalue weighted by Gasteiger charge is -2.17. The molecule has 1 fully saturated rings. The lowest BCUT2D eigenvalue weighted by Crippen LogP contribution is -2.34. The SMILES string of the molecule is Cc1cc(C)n([C@H]2CCN(C(=O)c3cnc4sc(C)c(C)n4c3=O)C2)n1. The number of carbonyl (C=O) groups excluding carboxylic acids is 1. The summed E-state index contributed by atoms with van der Waals surface area (Å²) < 4.78 is 3.53. The molecular weight excluding hydrogens is 350 g/mol. The van der Waals surface area contributed by atoms with Crippen molar-refractivity contribution in [3.05, 3.63) is 50.1 Å². The fourth-order valence-corrected chi connectivity index (χ4v) is 4.56. The van der Waals surface area contributed by atoms with E-state index in [4.69, 9.17) is 0 Å². The zero-order valence-corrected chi connectivity index (χ0v) is 16.1. The van der Waals surface area contributed by atoms with Crippen molar-refractivity contribution in [1.29, 1.82) is 0 Å². The van der Waals surface area contributed by atoms with Gasteiger partial charge in [-0.1, -0.05) is 0 Å². The molecule has 0 saturated carbocycles. The molecule has 7 nitrogen and oxygen atoms in total. The molecule has 4 rings (SSSR count). The second-order valence-corrected chi connectivity index (χ2v) is 8.09. The van der Waals surface area contributed by atoms with Gasteiger partial charge in [0, 0.05) is 35.6 Å². The molecule has 26 heavy (non-hydrogen) atoms. The zero-order chi connectivity index (χ0) is 18.6. The first-order valence-electron chi connectivity index (χ1n) is 8.66. The number of rotatable bonds is 2. The lowest BCUT2D eigenvalue weighted by molar-refractivity contribution is 0.0784. The fourth-order valence-electron chi connectivity index (χ4n) is 3.63. The fraction of sp³-hybridized carbons (Fsp3) is 0.444. The van der Waals surface area contributed by atoms with Gasteiger partial charge in [-0.25, -0.2) is 4.98 Å². The van der Waals surface area contributed by atoms with Crippen LogP contribution in [0.3, 0.4) is 0 Å². The predicted octanol–water partition coefficient (Wildman–Crippen LogP) is 2.27. The van der Waals surface area contributed by atoms with Gasteiger partial charge in [0.1, 0.15) is 5.56 Å². The molecule has 4 heterocycles. The maximum Gasteiger partial charge on any atom is 0.271 e. The summed E-state index contributed by atoms with van der Waals surface area (Å²) in [6, 6.07) is 2.19. The van der Waals surface area contributed by atoms with Crippen molar-refractivity contribution in [1.82, 2.24) is 24.1 Å². The van der Waals surface area contributed by atoms with Crippen molar-refractivity contribution in [2.24, 2.45) is 0 Å².